The van der Waals surface area contributed by atoms with Crippen LogP contribution in [0.3, 0.4) is 0 Å². The van der Waals surface area contributed by atoms with Crippen LogP contribution in [0.25, 0.3) is 0 Å². The molecule has 1 amide bonds. The van der Waals surface area contributed by atoms with Gasteiger partial charge in [0.1, 0.15) is 5.82 Å². The number of nitrogens with one attached hydrogen (secondary N) is 1. The molecule has 0 aromatic carbocycles. The predicted molar refractivity (Wildman–Crippen MR) is 86.3 cm³/mol. The summed E-state index contributed by atoms with van der Waals surface area (Å²) in [5.74, 6) is 1.48. The van der Waals surface area contributed by atoms with Crippen LogP contribution in [-0.2, 0) is 4.74 Å². The summed E-state index contributed by atoms with van der Waals surface area (Å²) in [6, 6.07) is 1.96. The molecule has 0 radical (unpaired) electrons. The van der Waals surface area contributed by atoms with Crippen LogP contribution in [0.1, 0.15) is 12.6 Å². The number of aryl methyl sites for hydroxylation is 1. The van der Waals surface area contributed by atoms with Crippen molar-refractivity contribution in [1.82, 2.24) is 14.9 Å². The largest absolute Gasteiger partial charge is 0.450 e. The van der Waals surface area contributed by atoms with E-state index in [0.29, 0.717) is 32.2 Å². The highest BCUT2D eigenvalue weighted by atomic mass is 16.6. The van der Waals surface area contributed by atoms with E-state index in [1.807, 2.05) is 19.9 Å². The van der Waals surface area contributed by atoms with Crippen LogP contribution in [-0.4, -0.2) is 60.3 Å². The van der Waals surface area contributed by atoms with E-state index in [-0.39, 0.29) is 6.09 Å². The van der Waals surface area contributed by atoms with Crippen molar-refractivity contribution < 1.29 is 9.53 Å². The van der Waals surface area contributed by atoms with Gasteiger partial charge < -0.3 is 19.9 Å². The van der Waals surface area contributed by atoms with Gasteiger partial charge in [-0.2, -0.15) is 4.98 Å². The molecule has 7 heteroatoms. The molecular formula is C15H23N5O2. The second-order valence-corrected chi connectivity index (χ2v) is 5.03. The molecule has 0 saturated carbocycles. The molecule has 0 spiro atoms. The zero-order valence-electron chi connectivity index (χ0n) is 13.2. The molecule has 1 saturated heterocycles. The average molecular weight is 305 g/mol. The topological polar surface area (TPSA) is 70.6 Å². The second kappa shape index (κ2) is 7.63. The molecule has 1 N–H and O–H groups in total. The van der Waals surface area contributed by atoms with Crippen LogP contribution in [0.2, 0.25) is 0 Å². The third-order valence-corrected chi connectivity index (χ3v) is 3.37. The molecule has 1 aliphatic heterocycles. The van der Waals surface area contributed by atoms with Crippen molar-refractivity contribution >= 4 is 17.9 Å². The Labute approximate surface area is 131 Å². The molecule has 0 aliphatic carbocycles. The normalized spacial score (nSPS) is 14.6. The fraction of sp³-hybridized carbons (Fsp3) is 0.533. The minimum absolute atomic E-state index is 0.241. The van der Waals surface area contributed by atoms with E-state index in [4.69, 9.17) is 4.74 Å². The van der Waals surface area contributed by atoms with Gasteiger partial charge in [0.05, 0.1) is 6.61 Å². The maximum Gasteiger partial charge on any atom is 0.409 e. The summed E-state index contributed by atoms with van der Waals surface area (Å²) in [5, 5.41) is 3.11. The Morgan fingerprint density at radius 1 is 1.41 bits per heavy atom. The van der Waals surface area contributed by atoms with Gasteiger partial charge in [0.25, 0.3) is 0 Å². The highest BCUT2D eigenvalue weighted by Gasteiger charge is 2.23. The summed E-state index contributed by atoms with van der Waals surface area (Å²) in [7, 11) is 0. The lowest BCUT2D eigenvalue weighted by atomic mass is 10.3. The number of amides is 1. The Morgan fingerprint density at radius 2 is 2.14 bits per heavy atom. The summed E-state index contributed by atoms with van der Waals surface area (Å²) < 4.78 is 5.03. The fourth-order valence-corrected chi connectivity index (χ4v) is 2.29. The molecule has 0 atom stereocenters. The van der Waals surface area contributed by atoms with Crippen molar-refractivity contribution in [2.75, 3.05) is 49.5 Å². The minimum atomic E-state index is -0.241. The number of anilines is 2. The molecule has 0 unspecified atom stereocenters. The summed E-state index contributed by atoms with van der Waals surface area (Å²) >= 11 is 0. The minimum Gasteiger partial charge on any atom is -0.450 e. The number of ether oxygens (including phenoxy) is 1. The van der Waals surface area contributed by atoms with Crippen molar-refractivity contribution in [3.63, 3.8) is 0 Å². The zero-order chi connectivity index (χ0) is 15.9. The van der Waals surface area contributed by atoms with Crippen LogP contribution >= 0.6 is 0 Å². The van der Waals surface area contributed by atoms with Crippen LogP contribution in [0.15, 0.2) is 18.7 Å². The molecule has 2 heterocycles. The lowest BCUT2D eigenvalue weighted by molar-refractivity contribution is 0.105. The van der Waals surface area contributed by atoms with E-state index >= 15 is 0 Å². The number of nitrogens with zero attached hydrogens (tertiary/aromatic N) is 4. The van der Waals surface area contributed by atoms with E-state index in [1.54, 1.807) is 11.0 Å². The Hall–Kier alpha value is -2.31. The van der Waals surface area contributed by atoms with Gasteiger partial charge in [-0.15, -0.1) is 6.58 Å². The molecule has 1 fully saturated rings. The van der Waals surface area contributed by atoms with Gasteiger partial charge in [-0.3, -0.25) is 0 Å². The number of hydrogen-bond acceptors (Lipinski definition) is 6. The van der Waals surface area contributed by atoms with Crippen molar-refractivity contribution in [3.05, 3.63) is 24.4 Å². The first-order valence-electron chi connectivity index (χ1n) is 7.51. The number of carbonyl (C=O) groups excluding carboxylic acids is 1. The SMILES string of the molecule is C=CCNc1nc(C)cc(N2CCN(C(=O)OCC)CC2)n1. The van der Waals surface area contributed by atoms with E-state index in [1.165, 1.54) is 0 Å². The summed E-state index contributed by atoms with van der Waals surface area (Å²) in [6.45, 7) is 11.2. The van der Waals surface area contributed by atoms with Crippen molar-refractivity contribution in [3.8, 4) is 0 Å². The first-order chi connectivity index (χ1) is 10.6. The Morgan fingerprint density at radius 3 is 2.77 bits per heavy atom. The van der Waals surface area contributed by atoms with E-state index in [2.05, 4.69) is 26.8 Å². The van der Waals surface area contributed by atoms with Crippen LogP contribution in [0.5, 0.6) is 0 Å². The van der Waals surface area contributed by atoms with Gasteiger partial charge >= 0.3 is 6.09 Å². The van der Waals surface area contributed by atoms with Crippen molar-refractivity contribution in [1.29, 1.82) is 0 Å². The van der Waals surface area contributed by atoms with Gasteiger partial charge in [0, 0.05) is 44.5 Å². The highest BCUT2D eigenvalue weighted by Crippen LogP contribution is 2.17. The number of aromatic nitrogens is 2. The summed E-state index contributed by atoms with van der Waals surface area (Å²) in [6.07, 6.45) is 1.53. The summed E-state index contributed by atoms with van der Waals surface area (Å²) in [4.78, 5) is 24.5. The predicted octanol–water partition coefficient (Wildman–Crippen LogP) is 1.66. The lowest BCUT2D eigenvalue weighted by Crippen LogP contribution is -2.49. The molecule has 0 bridgehead atoms. The lowest BCUT2D eigenvalue weighted by Gasteiger charge is -2.34. The van der Waals surface area contributed by atoms with E-state index in [9.17, 15) is 4.79 Å². The molecule has 2 rings (SSSR count). The second-order valence-electron chi connectivity index (χ2n) is 5.03. The third kappa shape index (κ3) is 4.09. The quantitative estimate of drug-likeness (QED) is 0.834. The first-order valence-corrected chi connectivity index (χ1v) is 7.51. The van der Waals surface area contributed by atoms with Gasteiger partial charge in [-0.25, -0.2) is 9.78 Å². The van der Waals surface area contributed by atoms with Crippen LogP contribution in [0, 0.1) is 6.92 Å². The maximum atomic E-state index is 11.7. The average Bonchev–Trinajstić information content (AvgIpc) is 2.53. The Bertz CT molecular complexity index is 527. The fourth-order valence-electron chi connectivity index (χ4n) is 2.29. The maximum absolute atomic E-state index is 11.7. The number of rotatable bonds is 5. The standard InChI is InChI=1S/C15H23N5O2/c1-4-6-16-14-17-12(3)11-13(18-14)19-7-9-20(10-8-19)15(21)22-5-2/h4,11H,1,5-10H2,2-3H3,(H,16,17,18). The number of piperazine rings is 1. The molecule has 120 valence electrons. The molecule has 7 nitrogen and oxygen atoms in total. The molecule has 1 aromatic heterocycles. The van der Waals surface area contributed by atoms with E-state index < -0.39 is 0 Å². The molecule has 1 aromatic rings. The third-order valence-electron chi connectivity index (χ3n) is 3.37. The first kappa shape index (κ1) is 16.1. The van der Waals surface area contributed by atoms with Gasteiger partial charge in [0.2, 0.25) is 5.95 Å². The molecule has 1 aliphatic rings. The Balaban J connectivity index is 2.00. The van der Waals surface area contributed by atoms with Crippen molar-refractivity contribution in [2.45, 2.75) is 13.8 Å². The highest BCUT2D eigenvalue weighted by molar-refractivity contribution is 5.68. The van der Waals surface area contributed by atoms with Crippen molar-refractivity contribution in [2.24, 2.45) is 0 Å². The smallest absolute Gasteiger partial charge is 0.409 e. The van der Waals surface area contributed by atoms with Gasteiger partial charge in [0.15, 0.2) is 0 Å². The molecule has 22 heavy (non-hydrogen) atoms. The zero-order valence-corrected chi connectivity index (χ0v) is 13.2. The summed E-state index contributed by atoms with van der Waals surface area (Å²) in [5.41, 5.74) is 0.907. The van der Waals surface area contributed by atoms with E-state index in [0.717, 1.165) is 24.6 Å². The number of hydrogen-bond donors (Lipinski definition) is 1. The van der Waals surface area contributed by atoms with Gasteiger partial charge in [-0.1, -0.05) is 6.08 Å². The molecular weight excluding hydrogens is 282 g/mol. The van der Waals surface area contributed by atoms with Gasteiger partial charge in [-0.05, 0) is 13.8 Å². The van der Waals surface area contributed by atoms with Crippen LogP contribution < -0.4 is 10.2 Å². The Kier molecular flexibility index (Phi) is 5.57. The number of carbonyl (C=O) groups is 1. The monoisotopic (exact) mass is 305 g/mol. The van der Waals surface area contributed by atoms with Crippen LogP contribution in [0.4, 0.5) is 16.6 Å².